The van der Waals surface area contributed by atoms with Crippen LogP contribution in [0.4, 0.5) is 10.5 Å². The van der Waals surface area contributed by atoms with Crippen LogP contribution in [0.5, 0.6) is 0 Å². The largest absolute Gasteiger partial charge is 0.455 e. The standard InChI is InChI=1S/C22H27N3O4/c1-5-25(16-10-7-9-14(3)13-16)21(26)20-15(4)19-17(11-8-12-18(19)29-20)23-24-22(27)28-6-2/h7,9-10,13H,5-6,8,11-12H2,1-4H3,(H,24,27)/b23-17+. The van der Waals surface area contributed by atoms with E-state index in [0.29, 0.717) is 24.4 Å². The maximum Gasteiger partial charge on any atom is 0.427 e. The fourth-order valence-electron chi connectivity index (χ4n) is 3.62. The van der Waals surface area contributed by atoms with Crippen molar-refractivity contribution in [2.45, 2.75) is 47.0 Å². The zero-order valence-electron chi connectivity index (χ0n) is 17.4. The van der Waals surface area contributed by atoms with Crippen molar-refractivity contribution in [3.8, 4) is 0 Å². The normalized spacial score (nSPS) is 14.4. The van der Waals surface area contributed by atoms with Crippen LogP contribution in [-0.2, 0) is 11.2 Å². The minimum atomic E-state index is -0.596. The van der Waals surface area contributed by atoms with Crippen LogP contribution in [0.1, 0.15) is 59.7 Å². The third kappa shape index (κ3) is 4.34. The molecule has 2 amide bonds. The van der Waals surface area contributed by atoms with Gasteiger partial charge in [-0.2, -0.15) is 5.10 Å². The van der Waals surface area contributed by atoms with Crippen LogP contribution < -0.4 is 10.3 Å². The minimum Gasteiger partial charge on any atom is -0.455 e. The molecule has 1 N–H and O–H groups in total. The first kappa shape index (κ1) is 20.6. The van der Waals surface area contributed by atoms with Gasteiger partial charge in [0.05, 0.1) is 12.3 Å². The molecule has 0 saturated carbocycles. The topological polar surface area (TPSA) is 84.1 Å². The number of hydrogen-bond donors (Lipinski definition) is 1. The molecule has 0 fully saturated rings. The molecule has 3 rings (SSSR count). The summed E-state index contributed by atoms with van der Waals surface area (Å²) in [5.41, 5.74) is 6.61. The van der Waals surface area contributed by atoms with Crippen LogP contribution >= 0.6 is 0 Å². The number of hydrogen-bond acceptors (Lipinski definition) is 5. The van der Waals surface area contributed by atoms with Crippen molar-refractivity contribution in [1.29, 1.82) is 0 Å². The molecule has 7 heteroatoms. The minimum absolute atomic E-state index is 0.178. The lowest BCUT2D eigenvalue weighted by Crippen LogP contribution is -2.31. The fourth-order valence-corrected chi connectivity index (χ4v) is 3.62. The van der Waals surface area contributed by atoms with E-state index in [0.717, 1.165) is 41.0 Å². The van der Waals surface area contributed by atoms with E-state index in [4.69, 9.17) is 9.15 Å². The van der Waals surface area contributed by atoms with E-state index in [-0.39, 0.29) is 12.5 Å². The van der Waals surface area contributed by atoms with Crippen LogP contribution in [0.2, 0.25) is 0 Å². The zero-order valence-corrected chi connectivity index (χ0v) is 17.4. The molecular formula is C22H27N3O4. The summed E-state index contributed by atoms with van der Waals surface area (Å²) >= 11 is 0. The molecule has 1 aromatic carbocycles. The summed E-state index contributed by atoms with van der Waals surface area (Å²) in [5, 5.41) is 4.22. The van der Waals surface area contributed by atoms with Gasteiger partial charge in [-0.05, 0) is 58.2 Å². The van der Waals surface area contributed by atoms with Gasteiger partial charge in [0, 0.05) is 29.8 Å². The second-order valence-corrected chi connectivity index (χ2v) is 6.99. The van der Waals surface area contributed by atoms with Gasteiger partial charge in [-0.3, -0.25) is 4.79 Å². The molecule has 1 aromatic heterocycles. The Morgan fingerprint density at radius 2 is 2.03 bits per heavy atom. The molecule has 1 aliphatic rings. The summed E-state index contributed by atoms with van der Waals surface area (Å²) in [5.74, 6) is 0.883. The molecule has 0 bridgehead atoms. The molecule has 0 aliphatic heterocycles. The quantitative estimate of drug-likeness (QED) is 0.760. The van der Waals surface area contributed by atoms with Crippen molar-refractivity contribution in [2.75, 3.05) is 18.1 Å². The third-order valence-corrected chi connectivity index (χ3v) is 4.95. The SMILES string of the molecule is CCOC(=O)N/N=C1\CCCc2oc(C(=O)N(CC)c3cccc(C)c3)c(C)c21. The summed E-state index contributed by atoms with van der Waals surface area (Å²) < 4.78 is 10.9. The number of hydrazone groups is 1. The average molecular weight is 397 g/mol. The molecular weight excluding hydrogens is 370 g/mol. The highest BCUT2D eigenvalue weighted by Gasteiger charge is 2.30. The molecule has 0 unspecified atom stereocenters. The van der Waals surface area contributed by atoms with Crippen LogP contribution in [0.3, 0.4) is 0 Å². The monoisotopic (exact) mass is 397 g/mol. The summed E-state index contributed by atoms with van der Waals surface area (Å²) in [6, 6.07) is 7.84. The molecule has 0 saturated heterocycles. The van der Waals surface area contributed by atoms with Crippen LogP contribution in [0.25, 0.3) is 0 Å². The molecule has 0 spiro atoms. The Labute approximate surface area is 170 Å². The predicted molar refractivity (Wildman–Crippen MR) is 112 cm³/mol. The molecule has 29 heavy (non-hydrogen) atoms. The van der Waals surface area contributed by atoms with Crippen molar-refractivity contribution >= 4 is 23.4 Å². The summed E-state index contributed by atoms with van der Waals surface area (Å²) in [6.07, 6.45) is 1.68. The Morgan fingerprint density at radius 1 is 1.24 bits per heavy atom. The molecule has 0 radical (unpaired) electrons. The Balaban J connectivity index is 1.93. The van der Waals surface area contributed by atoms with E-state index in [1.807, 2.05) is 45.0 Å². The number of amides is 2. The number of anilines is 1. The number of aryl methyl sites for hydroxylation is 2. The van der Waals surface area contributed by atoms with Gasteiger partial charge >= 0.3 is 6.09 Å². The van der Waals surface area contributed by atoms with E-state index in [9.17, 15) is 9.59 Å². The van der Waals surface area contributed by atoms with E-state index in [1.165, 1.54) is 0 Å². The van der Waals surface area contributed by atoms with Crippen molar-refractivity contribution in [2.24, 2.45) is 5.10 Å². The number of carbonyl (C=O) groups is 2. The predicted octanol–water partition coefficient (Wildman–Crippen LogP) is 4.35. The van der Waals surface area contributed by atoms with Crippen LogP contribution in [0, 0.1) is 13.8 Å². The van der Waals surface area contributed by atoms with Gasteiger partial charge in [0.1, 0.15) is 5.76 Å². The Morgan fingerprint density at radius 3 is 2.72 bits per heavy atom. The van der Waals surface area contributed by atoms with E-state index in [2.05, 4.69) is 10.5 Å². The average Bonchev–Trinajstić information content (AvgIpc) is 3.04. The smallest absolute Gasteiger partial charge is 0.427 e. The first-order chi connectivity index (χ1) is 14.0. The molecule has 1 aliphatic carbocycles. The molecule has 0 atom stereocenters. The van der Waals surface area contributed by atoms with Gasteiger partial charge in [-0.15, -0.1) is 0 Å². The van der Waals surface area contributed by atoms with Gasteiger partial charge < -0.3 is 14.1 Å². The summed E-state index contributed by atoms with van der Waals surface area (Å²) in [4.78, 5) is 26.6. The lowest BCUT2D eigenvalue weighted by Gasteiger charge is -2.20. The van der Waals surface area contributed by atoms with Gasteiger partial charge in [-0.25, -0.2) is 10.2 Å². The number of furan rings is 1. The lowest BCUT2D eigenvalue weighted by molar-refractivity contribution is 0.0959. The Bertz CT molecular complexity index is 946. The molecule has 7 nitrogen and oxygen atoms in total. The van der Waals surface area contributed by atoms with E-state index < -0.39 is 6.09 Å². The number of fused-ring (bicyclic) bond motifs is 1. The number of nitrogens with one attached hydrogen (secondary N) is 1. The number of nitrogens with zero attached hydrogens (tertiary/aromatic N) is 2. The Hall–Kier alpha value is -3.09. The second-order valence-electron chi connectivity index (χ2n) is 6.99. The maximum atomic E-state index is 13.3. The number of rotatable bonds is 5. The fraction of sp³-hybridized carbons (Fsp3) is 0.409. The van der Waals surface area contributed by atoms with Crippen molar-refractivity contribution in [3.05, 3.63) is 52.5 Å². The highest BCUT2D eigenvalue weighted by Crippen LogP contribution is 2.31. The van der Waals surface area contributed by atoms with Gasteiger partial charge in [0.2, 0.25) is 0 Å². The van der Waals surface area contributed by atoms with Crippen molar-refractivity contribution in [3.63, 3.8) is 0 Å². The summed E-state index contributed by atoms with van der Waals surface area (Å²) in [7, 11) is 0. The Kier molecular flexibility index (Phi) is 6.36. The first-order valence-corrected chi connectivity index (χ1v) is 9.96. The molecule has 2 aromatic rings. The first-order valence-electron chi connectivity index (χ1n) is 9.96. The third-order valence-electron chi connectivity index (χ3n) is 4.95. The highest BCUT2D eigenvalue weighted by molar-refractivity contribution is 6.10. The van der Waals surface area contributed by atoms with Crippen molar-refractivity contribution < 1.29 is 18.7 Å². The number of carbonyl (C=O) groups excluding carboxylic acids is 2. The molecule has 1 heterocycles. The lowest BCUT2D eigenvalue weighted by atomic mass is 9.93. The highest BCUT2D eigenvalue weighted by atomic mass is 16.5. The second kappa shape index (κ2) is 8.94. The van der Waals surface area contributed by atoms with E-state index in [1.54, 1.807) is 11.8 Å². The maximum absolute atomic E-state index is 13.3. The van der Waals surface area contributed by atoms with Gasteiger partial charge in [-0.1, -0.05) is 12.1 Å². The van der Waals surface area contributed by atoms with Crippen LogP contribution in [-0.4, -0.2) is 30.9 Å². The van der Waals surface area contributed by atoms with Crippen molar-refractivity contribution in [1.82, 2.24) is 5.43 Å². The number of benzene rings is 1. The van der Waals surface area contributed by atoms with E-state index >= 15 is 0 Å². The molecule has 154 valence electrons. The van der Waals surface area contributed by atoms with Gasteiger partial charge in [0.25, 0.3) is 5.91 Å². The number of ether oxygens (including phenoxy) is 1. The zero-order chi connectivity index (χ0) is 21.0. The summed E-state index contributed by atoms with van der Waals surface area (Å²) in [6.45, 7) is 8.34. The van der Waals surface area contributed by atoms with Gasteiger partial charge in [0.15, 0.2) is 5.76 Å². The van der Waals surface area contributed by atoms with Crippen LogP contribution in [0.15, 0.2) is 33.8 Å².